The molecule has 0 aliphatic heterocycles. The van der Waals surface area contributed by atoms with Crippen LogP contribution in [0.5, 0.6) is 0 Å². The summed E-state index contributed by atoms with van der Waals surface area (Å²) in [5.41, 5.74) is 3.80. The van der Waals surface area contributed by atoms with Gasteiger partial charge in [-0.2, -0.15) is 0 Å². The highest BCUT2D eigenvalue weighted by Crippen LogP contribution is 2.19. The van der Waals surface area contributed by atoms with Crippen molar-refractivity contribution in [3.05, 3.63) is 69.7 Å². The number of para-hydroxylation sites is 1. The van der Waals surface area contributed by atoms with Crippen LogP contribution in [-0.4, -0.2) is 16.5 Å². The summed E-state index contributed by atoms with van der Waals surface area (Å²) in [6, 6.07) is 8.25. The van der Waals surface area contributed by atoms with Crippen molar-refractivity contribution in [1.29, 1.82) is 0 Å². The first-order valence-electron chi connectivity index (χ1n) is 7.07. The van der Waals surface area contributed by atoms with Crippen LogP contribution in [0.1, 0.15) is 18.4 Å². The molecule has 2 aromatic rings. The van der Waals surface area contributed by atoms with Gasteiger partial charge in [-0.3, -0.25) is 10.1 Å². The molecule has 1 aromatic heterocycles. The van der Waals surface area contributed by atoms with Crippen LogP contribution in [0.25, 0.3) is 10.9 Å². The highest BCUT2D eigenvalue weighted by Gasteiger charge is 2.14. The van der Waals surface area contributed by atoms with Gasteiger partial charge in [-0.25, -0.2) is 0 Å². The monoisotopic (exact) mass is 283 g/mol. The molecule has 0 radical (unpaired) electrons. The Morgan fingerprint density at radius 3 is 2.86 bits per heavy atom. The van der Waals surface area contributed by atoms with E-state index in [-0.39, 0.29) is 10.6 Å². The molecule has 0 fully saturated rings. The zero-order valence-electron chi connectivity index (χ0n) is 11.6. The van der Waals surface area contributed by atoms with Crippen molar-refractivity contribution in [2.45, 2.75) is 19.3 Å². The van der Waals surface area contributed by atoms with Crippen LogP contribution < -0.4 is 5.32 Å². The molecule has 108 valence electrons. The van der Waals surface area contributed by atoms with Crippen molar-refractivity contribution in [1.82, 2.24) is 10.3 Å². The van der Waals surface area contributed by atoms with E-state index < -0.39 is 0 Å². The number of rotatable bonds is 5. The summed E-state index contributed by atoms with van der Waals surface area (Å²) in [4.78, 5) is 13.6. The molecule has 0 saturated carbocycles. The third kappa shape index (κ3) is 2.97. The molecule has 0 spiro atoms. The van der Waals surface area contributed by atoms with Crippen LogP contribution in [0.15, 0.2) is 54.0 Å². The Morgan fingerprint density at radius 2 is 2.10 bits per heavy atom. The lowest BCUT2D eigenvalue weighted by molar-refractivity contribution is -0.428. The number of hydrogen-bond donors (Lipinski definition) is 2. The first kappa shape index (κ1) is 13.4. The maximum Gasteiger partial charge on any atom is 0.246 e. The molecule has 0 amide bonds. The molecule has 0 bridgehead atoms. The maximum atomic E-state index is 10.6. The standard InChI is InChI=1S/C16H17N3O2/c20-19(21)14-7-5-13(6-8-14)17-10-9-12-11-18-16-4-2-1-3-15(12)16/h1-5,7,11,17-18H,6,8-10H2. The van der Waals surface area contributed by atoms with E-state index >= 15 is 0 Å². The molecule has 3 rings (SSSR count). The van der Waals surface area contributed by atoms with E-state index in [2.05, 4.69) is 22.4 Å². The summed E-state index contributed by atoms with van der Waals surface area (Å²) in [7, 11) is 0. The molecule has 1 heterocycles. The first-order valence-corrected chi connectivity index (χ1v) is 7.07. The molecule has 5 heteroatoms. The molecule has 5 nitrogen and oxygen atoms in total. The van der Waals surface area contributed by atoms with Gasteiger partial charge in [0.1, 0.15) is 0 Å². The molecule has 1 aliphatic rings. The van der Waals surface area contributed by atoms with Crippen molar-refractivity contribution in [2.75, 3.05) is 6.54 Å². The highest BCUT2D eigenvalue weighted by atomic mass is 16.6. The van der Waals surface area contributed by atoms with Crippen LogP contribution in [-0.2, 0) is 6.42 Å². The number of H-pyrrole nitrogens is 1. The second-order valence-electron chi connectivity index (χ2n) is 5.14. The van der Waals surface area contributed by atoms with E-state index in [4.69, 9.17) is 0 Å². The predicted octanol–water partition coefficient (Wildman–Crippen LogP) is 3.14. The van der Waals surface area contributed by atoms with Gasteiger partial charge >= 0.3 is 0 Å². The molecular formula is C16H17N3O2. The van der Waals surface area contributed by atoms with Crippen LogP contribution in [0, 0.1) is 10.1 Å². The average molecular weight is 283 g/mol. The summed E-state index contributed by atoms with van der Waals surface area (Å²) in [6.07, 6.45) is 7.59. The minimum absolute atomic E-state index is 0.289. The van der Waals surface area contributed by atoms with Crippen molar-refractivity contribution >= 4 is 10.9 Å². The zero-order valence-corrected chi connectivity index (χ0v) is 11.6. The smallest absolute Gasteiger partial charge is 0.246 e. The maximum absolute atomic E-state index is 10.6. The quantitative estimate of drug-likeness (QED) is 0.654. The van der Waals surface area contributed by atoms with Gasteiger partial charge in [-0.15, -0.1) is 0 Å². The van der Waals surface area contributed by atoms with E-state index in [1.807, 2.05) is 24.4 Å². The van der Waals surface area contributed by atoms with Gasteiger partial charge in [0.25, 0.3) is 0 Å². The lowest BCUT2D eigenvalue weighted by atomic mass is 10.1. The fraction of sp³-hybridized carbons (Fsp3) is 0.250. The Balaban J connectivity index is 1.58. The minimum Gasteiger partial charge on any atom is -0.388 e. The normalized spacial score (nSPS) is 14.7. The molecule has 21 heavy (non-hydrogen) atoms. The van der Waals surface area contributed by atoms with Gasteiger partial charge in [0.05, 0.1) is 4.92 Å². The summed E-state index contributed by atoms with van der Waals surface area (Å²) in [5.74, 6) is 0. The van der Waals surface area contributed by atoms with Crippen molar-refractivity contribution in [3.63, 3.8) is 0 Å². The fourth-order valence-electron chi connectivity index (χ4n) is 2.62. The molecule has 1 aromatic carbocycles. The number of nitrogens with zero attached hydrogens (tertiary/aromatic N) is 1. The number of fused-ring (bicyclic) bond motifs is 1. The fourth-order valence-corrected chi connectivity index (χ4v) is 2.62. The third-order valence-electron chi connectivity index (χ3n) is 3.78. The summed E-state index contributed by atoms with van der Waals surface area (Å²) in [6.45, 7) is 0.829. The van der Waals surface area contributed by atoms with Gasteiger partial charge in [-0.05, 0) is 30.5 Å². The van der Waals surface area contributed by atoms with Gasteiger partial charge in [0.15, 0.2) is 0 Å². The Morgan fingerprint density at radius 1 is 1.24 bits per heavy atom. The third-order valence-corrected chi connectivity index (χ3v) is 3.78. The van der Waals surface area contributed by atoms with Crippen LogP contribution in [0.2, 0.25) is 0 Å². The summed E-state index contributed by atoms with van der Waals surface area (Å²) in [5, 5.41) is 15.3. The van der Waals surface area contributed by atoms with E-state index in [0.29, 0.717) is 12.8 Å². The van der Waals surface area contributed by atoms with E-state index in [0.717, 1.165) is 24.2 Å². The SMILES string of the molecule is O=[N+]([O-])C1=CC=C(NCCc2c[nH]c3ccccc23)CC1. The second kappa shape index (κ2) is 5.83. The average Bonchev–Trinajstić information content (AvgIpc) is 2.91. The Hall–Kier alpha value is -2.56. The first-order chi connectivity index (χ1) is 10.2. The van der Waals surface area contributed by atoms with Crippen molar-refractivity contribution in [3.8, 4) is 0 Å². The topological polar surface area (TPSA) is 71.0 Å². The van der Waals surface area contributed by atoms with E-state index in [1.54, 1.807) is 6.08 Å². The van der Waals surface area contributed by atoms with E-state index in [1.165, 1.54) is 10.9 Å². The van der Waals surface area contributed by atoms with Gasteiger partial charge < -0.3 is 10.3 Å². The number of benzene rings is 1. The Bertz CT molecular complexity index is 728. The molecule has 0 saturated heterocycles. The lowest BCUT2D eigenvalue weighted by Gasteiger charge is -2.12. The van der Waals surface area contributed by atoms with Crippen molar-refractivity contribution < 1.29 is 4.92 Å². The van der Waals surface area contributed by atoms with Gasteiger partial charge in [-0.1, -0.05) is 18.2 Å². The molecule has 1 aliphatic carbocycles. The molecule has 0 unspecified atom stereocenters. The van der Waals surface area contributed by atoms with Crippen LogP contribution >= 0.6 is 0 Å². The van der Waals surface area contributed by atoms with Crippen molar-refractivity contribution in [2.24, 2.45) is 0 Å². The van der Waals surface area contributed by atoms with Crippen LogP contribution in [0.3, 0.4) is 0 Å². The zero-order chi connectivity index (χ0) is 14.7. The number of hydrogen-bond acceptors (Lipinski definition) is 3. The van der Waals surface area contributed by atoms with Crippen LogP contribution in [0.4, 0.5) is 0 Å². The molecular weight excluding hydrogens is 266 g/mol. The van der Waals surface area contributed by atoms with E-state index in [9.17, 15) is 10.1 Å². The highest BCUT2D eigenvalue weighted by molar-refractivity contribution is 5.83. The number of nitrogens with one attached hydrogen (secondary N) is 2. The largest absolute Gasteiger partial charge is 0.388 e. The lowest BCUT2D eigenvalue weighted by Crippen LogP contribution is -2.18. The summed E-state index contributed by atoms with van der Waals surface area (Å²) >= 11 is 0. The molecule has 2 N–H and O–H groups in total. The minimum atomic E-state index is -0.306. The second-order valence-corrected chi connectivity index (χ2v) is 5.14. The Kier molecular flexibility index (Phi) is 3.73. The number of aromatic nitrogens is 1. The van der Waals surface area contributed by atoms with Gasteiger partial charge in [0, 0.05) is 41.8 Å². The Labute approximate surface area is 122 Å². The number of aromatic amines is 1. The predicted molar refractivity (Wildman–Crippen MR) is 82.4 cm³/mol. The van der Waals surface area contributed by atoms with Gasteiger partial charge in [0.2, 0.25) is 5.70 Å². The number of allylic oxidation sites excluding steroid dienone is 4. The number of nitro groups is 1. The summed E-state index contributed by atoms with van der Waals surface area (Å²) < 4.78 is 0. The molecule has 0 atom stereocenters.